The van der Waals surface area contributed by atoms with E-state index in [1.54, 1.807) is 6.20 Å². The first-order valence-electron chi connectivity index (χ1n) is 10.1. The molecule has 0 aromatic carbocycles. The van der Waals surface area contributed by atoms with E-state index in [1.165, 1.54) is 12.8 Å². The van der Waals surface area contributed by atoms with E-state index in [4.69, 9.17) is 4.98 Å². The number of hydrogen-bond acceptors (Lipinski definition) is 5. The Morgan fingerprint density at radius 3 is 2.93 bits per heavy atom. The Balaban J connectivity index is 1.83. The van der Waals surface area contributed by atoms with E-state index in [1.807, 2.05) is 10.6 Å². The van der Waals surface area contributed by atoms with Crippen molar-refractivity contribution in [1.29, 1.82) is 0 Å². The Bertz CT molecular complexity index is 879. The van der Waals surface area contributed by atoms with Crippen molar-refractivity contribution >= 4 is 27.0 Å². The fourth-order valence-corrected chi connectivity index (χ4v) is 4.41. The summed E-state index contributed by atoms with van der Waals surface area (Å²) in [5.41, 5.74) is 0.620. The fourth-order valence-electron chi connectivity index (χ4n) is 4.08. The molecule has 0 spiro atoms. The molecule has 1 saturated carbocycles. The van der Waals surface area contributed by atoms with Gasteiger partial charge in [0.25, 0.3) is 5.56 Å². The number of piperazine rings is 1. The van der Waals surface area contributed by atoms with Gasteiger partial charge in [-0.15, -0.1) is 0 Å². The van der Waals surface area contributed by atoms with Gasteiger partial charge in [0.05, 0.1) is 11.4 Å². The summed E-state index contributed by atoms with van der Waals surface area (Å²) in [6.07, 6.45) is 6.22. The van der Waals surface area contributed by atoms with Crippen LogP contribution in [0, 0.1) is 5.92 Å². The van der Waals surface area contributed by atoms with E-state index >= 15 is 0 Å². The van der Waals surface area contributed by atoms with Crippen LogP contribution in [0.5, 0.6) is 0 Å². The molecule has 2 aromatic heterocycles. The van der Waals surface area contributed by atoms with Crippen molar-refractivity contribution in [3.05, 3.63) is 32.9 Å². The molecule has 1 aliphatic carbocycles. The smallest absolute Gasteiger partial charge is 0.263 e. The van der Waals surface area contributed by atoms with Gasteiger partial charge < -0.3 is 5.32 Å². The van der Waals surface area contributed by atoms with Crippen molar-refractivity contribution in [3.63, 3.8) is 0 Å². The largest absolute Gasteiger partial charge is 0.312 e. The minimum atomic E-state index is 0.0555. The lowest BCUT2D eigenvalue weighted by molar-refractivity contribution is 0.131. The molecule has 2 aliphatic rings. The van der Waals surface area contributed by atoms with Crippen molar-refractivity contribution in [1.82, 2.24) is 24.8 Å². The lowest BCUT2D eigenvalue weighted by atomic mass is 10.1. The van der Waals surface area contributed by atoms with Gasteiger partial charge in [0.2, 0.25) is 0 Å². The van der Waals surface area contributed by atoms with Crippen LogP contribution in [0.1, 0.15) is 51.4 Å². The molecule has 3 heterocycles. The van der Waals surface area contributed by atoms with Crippen LogP contribution in [0.15, 0.2) is 21.5 Å². The normalized spacial score (nSPS) is 22.3. The average molecular weight is 434 g/mol. The number of pyridine rings is 1. The zero-order chi connectivity index (χ0) is 19.0. The predicted molar refractivity (Wildman–Crippen MR) is 111 cm³/mol. The highest BCUT2D eigenvalue weighted by Crippen LogP contribution is 2.33. The van der Waals surface area contributed by atoms with E-state index < -0.39 is 0 Å². The third-order valence-corrected chi connectivity index (χ3v) is 6.08. The third-order valence-electron chi connectivity index (χ3n) is 5.64. The van der Waals surface area contributed by atoms with Gasteiger partial charge >= 0.3 is 0 Å². The van der Waals surface area contributed by atoms with Crippen LogP contribution in [0.2, 0.25) is 0 Å². The lowest BCUT2D eigenvalue weighted by Crippen LogP contribution is -2.51. The second-order valence-corrected chi connectivity index (χ2v) is 8.92. The number of rotatable bonds is 6. The SMILES string of the molecule is CCC[C@H](c1nc2ncc(Br)cc2c(=O)n1CC1CC1)N1CCN[C@@H](C)C1. The maximum atomic E-state index is 13.4. The highest BCUT2D eigenvalue weighted by atomic mass is 79.9. The Morgan fingerprint density at radius 1 is 1.41 bits per heavy atom. The third kappa shape index (κ3) is 4.10. The number of nitrogens with zero attached hydrogens (tertiary/aromatic N) is 4. The van der Waals surface area contributed by atoms with Gasteiger partial charge in [0.1, 0.15) is 5.82 Å². The van der Waals surface area contributed by atoms with E-state index in [0.29, 0.717) is 23.0 Å². The van der Waals surface area contributed by atoms with E-state index in [-0.39, 0.29) is 11.6 Å². The van der Waals surface area contributed by atoms with Crippen LogP contribution >= 0.6 is 15.9 Å². The van der Waals surface area contributed by atoms with Crippen LogP contribution in [-0.4, -0.2) is 45.1 Å². The van der Waals surface area contributed by atoms with E-state index in [0.717, 1.165) is 49.3 Å². The molecule has 7 heteroatoms. The average Bonchev–Trinajstić information content (AvgIpc) is 3.47. The molecule has 2 aromatic rings. The molecular formula is C20H28BrN5O. The molecule has 0 unspecified atom stereocenters. The Kier molecular flexibility index (Phi) is 5.62. The molecule has 0 bridgehead atoms. The number of nitrogens with one attached hydrogen (secondary N) is 1. The van der Waals surface area contributed by atoms with Gasteiger partial charge in [0.15, 0.2) is 5.65 Å². The monoisotopic (exact) mass is 433 g/mol. The zero-order valence-corrected chi connectivity index (χ0v) is 17.7. The molecule has 27 heavy (non-hydrogen) atoms. The quantitative estimate of drug-likeness (QED) is 0.757. The summed E-state index contributed by atoms with van der Waals surface area (Å²) >= 11 is 3.44. The van der Waals surface area contributed by atoms with Crippen LogP contribution in [-0.2, 0) is 6.54 Å². The summed E-state index contributed by atoms with van der Waals surface area (Å²) in [7, 11) is 0. The minimum absolute atomic E-state index is 0.0555. The van der Waals surface area contributed by atoms with Crippen LogP contribution in [0.3, 0.4) is 0 Å². The van der Waals surface area contributed by atoms with E-state index in [9.17, 15) is 4.79 Å². The Labute approximate surface area is 168 Å². The molecule has 2 fully saturated rings. The minimum Gasteiger partial charge on any atom is -0.312 e. The molecule has 2 atom stereocenters. The maximum Gasteiger partial charge on any atom is 0.263 e. The van der Waals surface area contributed by atoms with Crippen molar-refractivity contribution in [2.75, 3.05) is 19.6 Å². The summed E-state index contributed by atoms with van der Waals surface area (Å²) in [5, 5.41) is 4.13. The molecule has 1 aliphatic heterocycles. The van der Waals surface area contributed by atoms with Crippen LogP contribution in [0.25, 0.3) is 11.0 Å². The standard InChI is InChI=1S/C20H28BrN5O/c1-3-4-17(25-8-7-22-13(2)11-25)19-24-18-16(9-15(21)10-23-18)20(27)26(19)12-14-5-6-14/h9-10,13-14,17,22H,3-8,11-12H2,1-2H3/t13-,17+/m0/s1. The van der Waals surface area contributed by atoms with Gasteiger partial charge in [-0.3, -0.25) is 14.3 Å². The lowest BCUT2D eigenvalue weighted by Gasteiger charge is -2.38. The highest BCUT2D eigenvalue weighted by molar-refractivity contribution is 9.10. The van der Waals surface area contributed by atoms with Crippen molar-refractivity contribution in [2.45, 2.75) is 58.2 Å². The molecule has 0 amide bonds. The summed E-state index contributed by atoms with van der Waals surface area (Å²) in [6, 6.07) is 2.48. The molecule has 0 radical (unpaired) electrons. The second kappa shape index (κ2) is 7.97. The summed E-state index contributed by atoms with van der Waals surface area (Å²) in [4.78, 5) is 25.2. The number of fused-ring (bicyclic) bond motifs is 1. The number of aromatic nitrogens is 3. The van der Waals surface area contributed by atoms with Crippen LogP contribution < -0.4 is 10.9 Å². The van der Waals surface area contributed by atoms with Crippen molar-refractivity contribution in [2.24, 2.45) is 5.92 Å². The molecule has 6 nitrogen and oxygen atoms in total. The second-order valence-electron chi connectivity index (χ2n) is 8.01. The van der Waals surface area contributed by atoms with Crippen molar-refractivity contribution < 1.29 is 0 Å². The van der Waals surface area contributed by atoms with Gasteiger partial charge in [-0.25, -0.2) is 9.97 Å². The summed E-state index contributed by atoms with van der Waals surface area (Å²) < 4.78 is 2.78. The first kappa shape index (κ1) is 19.0. The molecule has 146 valence electrons. The van der Waals surface area contributed by atoms with Gasteiger partial charge in [0, 0.05) is 42.9 Å². The van der Waals surface area contributed by atoms with Gasteiger partial charge in [-0.1, -0.05) is 13.3 Å². The Hall–Kier alpha value is -1.31. The summed E-state index contributed by atoms with van der Waals surface area (Å²) in [6.45, 7) is 8.16. The van der Waals surface area contributed by atoms with Crippen molar-refractivity contribution in [3.8, 4) is 0 Å². The maximum absolute atomic E-state index is 13.4. The fraction of sp³-hybridized carbons (Fsp3) is 0.650. The number of halogens is 1. The van der Waals surface area contributed by atoms with Crippen LogP contribution in [0.4, 0.5) is 0 Å². The molecular weight excluding hydrogens is 406 g/mol. The van der Waals surface area contributed by atoms with E-state index in [2.05, 4.69) is 45.0 Å². The highest BCUT2D eigenvalue weighted by Gasteiger charge is 2.31. The van der Waals surface area contributed by atoms with Gasteiger partial charge in [-0.05, 0) is 54.1 Å². The molecule has 4 rings (SSSR count). The van der Waals surface area contributed by atoms with Gasteiger partial charge in [-0.2, -0.15) is 0 Å². The predicted octanol–water partition coefficient (Wildman–Crippen LogP) is 3.10. The molecule has 1 N–H and O–H groups in total. The number of hydrogen-bond donors (Lipinski definition) is 1. The molecule has 1 saturated heterocycles. The summed E-state index contributed by atoms with van der Waals surface area (Å²) in [5.74, 6) is 1.52. The first-order chi connectivity index (χ1) is 13.1. The zero-order valence-electron chi connectivity index (χ0n) is 16.1. The first-order valence-corrected chi connectivity index (χ1v) is 10.9. The Morgan fingerprint density at radius 2 is 2.22 bits per heavy atom. The topological polar surface area (TPSA) is 63.1 Å².